The molecule has 1 aliphatic carbocycles. The third-order valence-corrected chi connectivity index (χ3v) is 4.42. The average molecular weight is 181 g/mol. The lowest BCUT2D eigenvalue weighted by Gasteiger charge is -2.53. The molecular formula is C12H23N. The molecule has 76 valence electrons. The van der Waals surface area contributed by atoms with Crippen LogP contribution in [0.4, 0.5) is 0 Å². The zero-order valence-electron chi connectivity index (χ0n) is 9.29. The van der Waals surface area contributed by atoms with Crippen LogP contribution in [0.5, 0.6) is 0 Å². The van der Waals surface area contributed by atoms with E-state index in [1.54, 1.807) is 0 Å². The highest BCUT2D eigenvalue weighted by atomic mass is 15.2. The van der Waals surface area contributed by atoms with Crippen LogP contribution in [0, 0.1) is 5.92 Å². The van der Waals surface area contributed by atoms with E-state index in [9.17, 15) is 0 Å². The van der Waals surface area contributed by atoms with Crippen molar-refractivity contribution >= 4 is 0 Å². The summed E-state index contributed by atoms with van der Waals surface area (Å²) in [7, 11) is 0. The van der Waals surface area contributed by atoms with Gasteiger partial charge >= 0.3 is 0 Å². The van der Waals surface area contributed by atoms with Crippen LogP contribution in [0.1, 0.15) is 52.9 Å². The minimum absolute atomic E-state index is 0.808. The first-order chi connectivity index (χ1) is 6.24. The summed E-state index contributed by atoms with van der Waals surface area (Å²) in [5.41, 5.74) is 0. The predicted octanol–water partition coefficient (Wildman–Crippen LogP) is 3.05. The van der Waals surface area contributed by atoms with Gasteiger partial charge in [-0.3, -0.25) is 4.90 Å². The van der Waals surface area contributed by atoms with E-state index in [1.165, 1.54) is 32.1 Å². The van der Waals surface area contributed by atoms with Gasteiger partial charge in [0.25, 0.3) is 0 Å². The highest BCUT2D eigenvalue weighted by Gasteiger charge is 2.40. The van der Waals surface area contributed by atoms with Gasteiger partial charge in [0, 0.05) is 18.1 Å². The Kier molecular flexibility index (Phi) is 2.64. The van der Waals surface area contributed by atoms with Gasteiger partial charge < -0.3 is 0 Å². The first kappa shape index (κ1) is 9.51. The monoisotopic (exact) mass is 181 g/mol. The summed E-state index contributed by atoms with van der Waals surface area (Å²) in [6.45, 7) is 7.17. The Morgan fingerprint density at radius 1 is 1.23 bits per heavy atom. The van der Waals surface area contributed by atoms with Gasteiger partial charge in [0.15, 0.2) is 0 Å². The first-order valence-electron chi connectivity index (χ1n) is 6.01. The number of nitrogens with zero attached hydrogens (tertiary/aromatic N) is 1. The van der Waals surface area contributed by atoms with Crippen molar-refractivity contribution in [2.24, 2.45) is 5.92 Å². The van der Waals surface area contributed by atoms with Crippen molar-refractivity contribution in [3.8, 4) is 0 Å². The van der Waals surface area contributed by atoms with Crippen LogP contribution < -0.4 is 0 Å². The van der Waals surface area contributed by atoms with Crippen molar-refractivity contribution < 1.29 is 0 Å². The van der Waals surface area contributed by atoms with Crippen LogP contribution >= 0.6 is 0 Å². The number of hydrogen-bond donors (Lipinski definition) is 0. The molecule has 3 aliphatic rings. The fourth-order valence-corrected chi connectivity index (χ4v) is 3.43. The first-order valence-corrected chi connectivity index (χ1v) is 6.01. The molecule has 1 nitrogen and oxygen atoms in total. The summed E-state index contributed by atoms with van der Waals surface area (Å²) < 4.78 is 0. The summed E-state index contributed by atoms with van der Waals surface area (Å²) in [5.74, 6) is 1.01. The molecule has 1 saturated carbocycles. The normalized spacial score (nSPS) is 42.2. The minimum atomic E-state index is 0.808. The summed E-state index contributed by atoms with van der Waals surface area (Å²) in [5, 5.41) is 0. The molecule has 2 aliphatic heterocycles. The quantitative estimate of drug-likeness (QED) is 0.633. The fourth-order valence-electron chi connectivity index (χ4n) is 3.43. The lowest BCUT2D eigenvalue weighted by atomic mass is 9.74. The molecule has 3 fully saturated rings. The topological polar surface area (TPSA) is 3.24 Å². The second-order valence-electron chi connectivity index (χ2n) is 5.01. The van der Waals surface area contributed by atoms with Crippen LogP contribution in [0.3, 0.4) is 0 Å². The Morgan fingerprint density at radius 2 is 1.85 bits per heavy atom. The SMILES string of the molecule is CCC(C)N1C2CCC(CC2)C1C. The van der Waals surface area contributed by atoms with Crippen molar-refractivity contribution in [3.05, 3.63) is 0 Å². The third kappa shape index (κ3) is 1.52. The van der Waals surface area contributed by atoms with E-state index in [1.807, 2.05) is 0 Å². The summed E-state index contributed by atoms with van der Waals surface area (Å²) in [4.78, 5) is 2.80. The Balaban J connectivity index is 2.09. The van der Waals surface area contributed by atoms with Crippen LogP contribution in [0.25, 0.3) is 0 Å². The molecule has 1 heteroatoms. The van der Waals surface area contributed by atoms with E-state index < -0.39 is 0 Å². The highest BCUT2D eigenvalue weighted by molar-refractivity contribution is 4.95. The maximum Gasteiger partial charge on any atom is 0.0101 e. The molecule has 2 atom stereocenters. The van der Waals surface area contributed by atoms with E-state index in [0.29, 0.717) is 0 Å². The zero-order chi connectivity index (χ0) is 9.42. The van der Waals surface area contributed by atoms with E-state index in [0.717, 1.165) is 24.0 Å². The number of piperidine rings is 2. The summed E-state index contributed by atoms with van der Waals surface area (Å²) in [6, 6.07) is 2.60. The molecule has 0 aromatic rings. The van der Waals surface area contributed by atoms with Gasteiger partial charge in [-0.15, -0.1) is 0 Å². The molecule has 0 aromatic heterocycles. The molecular weight excluding hydrogens is 158 g/mol. The van der Waals surface area contributed by atoms with Gasteiger partial charge in [0.2, 0.25) is 0 Å². The van der Waals surface area contributed by atoms with Crippen LogP contribution in [-0.2, 0) is 0 Å². The standard InChI is InChI=1S/C12H23N/c1-4-9(2)13-10(3)11-5-7-12(13)8-6-11/h9-12H,4-8H2,1-3H3. The Hall–Kier alpha value is -0.0400. The molecule has 2 heterocycles. The second kappa shape index (κ2) is 3.61. The van der Waals surface area contributed by atoms with E-state index in [4.69, 9.17) is 0 Å². The maximum atomic E-state index is 2.80. The number of fused-ring (bicyclic) bond motifs is 3. The molecule has 13 heavy (non-hydrogen) atoms. The van der Waals surface area contributed by atoms with Crippen LogP contribution in [0.2, 0.25) is 0 Å². The van der Waals surface area contributed by atoms with Gasteiger partial charge in [0.05, 0.1) is 0 Å². The lowest BCUT2D eigenvalue weighted by Crippen LogP contribution is -2.56. The summed E-state index contributed by atoms with van der Waals surface area (Å²) >= 11 is 0. The second-order valence-corrected chi connectivity index (χ2v) is 5.01. The third-order valence-electron chi connectivity index (χ3n) is 4.42. The molecule has 2 saturated heterocycles. The molecule has 0 amide bonds. The Labute approximate surface area is 82.5 Å². The van der Waals surface area contributed by atoms with Crippen LogP contribution in [-0.4, -0.2) is 23.0 Å². The van der Waals surface area contributed by atoms with Gasteiger partial charge in [0.1, 0.15) is 0 Å². The van der Waals surface area contributed by atoms with Crippen molar-refractivity contribution in [2.75, 3.05) is 0 Å². The Bertz CT molecular complexity index is 168. The smallest absolute Gasteiger partial charge is 0.0101 e. The molecule has 3 rings (SSSR count). The fraction of sp³-hybridized carbons (Fsp3) is 1.00. The highest BCUT2D eigenvalue weighted by Crippen LogP contribution is 2.40. The Morgan fingerprint density at radius 3 is 2.31 bits per heavy atom. The zero-order valence-corrected chi connectivity index (χ0v) is 9.29. The van der Waals surface area contributed by atoms with Crippen LogP contribution in [0.15, 0.2) is 0 Å². The average Bonchev–Trinajstić information content (AvgIpc) is 2.18. The lowest BCUT2D eigenvalue weighted by molar-refractivity contribution is -0.0306. The van der Waals surface area contributed by atoms with Gasteiger partial charge in [-0.1, -0.05) is 6.92 Å². The molecule has 2 unspecified atom stereocenters. The maximum absolute atomic E-state index is 2.80. The molecule has 0 aromatic carbocycles. The van der Waals surface area contributed by atoms with Gasteiger partial charge in [-0.05, 0) is 51.9 Å². The van der Waals surface area contributed by atoms with Gasteiger partial charge in [-0.25, -0.2) is 0 Å². The van der Waals surface area contributed by atoms with E-state index >= 15 is 0 Å². The largest absolute Gasteiger partial charge is 0.295 e. The van der Waals surface area contributed by atoms with Crippen molar-refractivity contribution in [2.45, 2.75) is 71.0 Å². The molecule has 2 bridgehead atoms. The number of hydrogen-bond acceptors (Lipinski definition) is 1. The number of rotatable bonds is 2. The predicted molar refractivity (Wildman–Crippen MR) is 56.8 cm³/mol. The van der Waals surface area contributed by atoms with Crippen molar-refractivity contribution in [1.29, 1.82) is 0 Å². The van der Waals surface area contributed by atoms with E-state index in [2.05, 4.69) is 25.7 Å². The minimum Gasteiger partial charge on any atom is -0.295 e. The molecule has 0 N–H and O–H groups in total. The van der Waals surface area contributed by atoms with Crippen molar-refractivity contribution in [3.63, 3.8) is 0 Å². The molecule has 0 radical (unpaired) electrons. The summed E-state index contributed by atoms with van der Waals surface area (Å²) in [6.07, 6.45) is 7.25. The van der Waals surface area contributed by atoms with Crippen molar-refractivity contribution in [1.82, 2.24) is 4.90 Å². The van der Waals surface area contributed by atoms with E-state index in [-0.39, 0.29) is 0 Å². The van der Waals surface area contributed by atoms with Gasteiger partial charge in [-0.2, -0.15) is 0 Å². The molecule has 0 spiro atoms.